The summed E-state index contributed by atoms with van der Waals surface area (Å²) in [6, 6.07) is 0.838. The molecule has 0 aromatic carbocycles. The van der Waals surface area contributed by atoms with Crippen LogP contribution in [0.25, 0.3) is 0 Å². The summed E-state index contributed by atoms with van der Waals surface area (Å²) in [5.41, 5.74) is 5.69. The summed E-state index contributed by atoms with van der Waals surface area (Å²) in [5.74, 6) is 0. The normalized spacial score (nSPS) is 25.3. The minimum absolute atomic E-state index is 0.558. The van der Waals surface area contributed by atoms with Gasteiger partial charge in [0, 0.05) is 12.6 Å². The molecule has 1 aliphatic carbocycles. The third-order valence-corrected chi connectivity index (χ3v) is 4.74. The zero-order valence-electron chi connectivity index (χ0n) is 12.5. The lowest BCUT2D eigenvalue weighted by Gasteiger charge is -2.34. The van der Waals surface area contributed by atoms with Crippen molar-refractivity contribution in [1.29, 1.82) is 0 Å². The van der Waals surface area contributed by atoms with Crippen LogP contribution >= 0.6 is 0 Å². The first kappa shape index (κ1) is 15.3. The minimum atomic E-state index is 0.558. The van der Waals surface area contributed by atoms with E-state index in [0.29, 0.717) is 6.10 Å². The SMILES string of the molecule is NCCCN(CCCC1CCCO1)C1CCCCC1. The van der Waals surface area contributed by atoms with Crippen molar-refractivity contribution in [2.24, 2.45) is 5.73 Å². The summed E-state index contributed by atoms with van der Waals surface area (Å²) in [6.45, 7) is 4.27. The van der Waals surface area contributed by atoms with Gasteiger partial charge in [0.15, 0.2) is 0 Å². The molecule has 2 fully saturated rings. The standard InChI is InChI=1S/C16H32N2O/c17-11-6-13-18(15-7-2-1-3-8-15)12-4-9-16-10-5-14-19-16/h15-16H,1-14,17H2. The Morgan fingerprint density at radius 1 is 0.947 bits per heavy atom. The molecule has 1 atom stereocenters. The van der Waals surface area contributed by atoms with Gasteiger partial charge in [0.2, 0.25) is 0 Å². The third-order valence-electron chi connectivity index (χ3n) is 4.74. The Labute approximate surface area is 118 Å². The quantitative estimate of drug-likeness (QED) is 0.735. The van der Waals surface area contributed by atoms with E-state index in [4.69, 9.17) is 10.5 Å². The summed E-state index contributed by atoms with van der Waals surface area (Å²) in [5, 5.41) is 0. The molecule has 2 rings (SSSR count). The van der Waals surface area contributed by atoms with Crippen molar-refractivity contribution in [3.63, 3.8) is 0 Å². The molecule has 1 saturated heterocycles. The Hall–Kier alpha value is -0.120. The largest absolute Gasteiger partial charge is 0.378 e. The lowest BCUT2D eigenvalue weighted by Crippen LogP contribution is -2.39. The molecule has 1 heterocycles. The molecular formula is C16H32N2O. The molecule has 112 valence electrons. The number of hydrogen-bond donors (Lipinski definition) is 1. The lowest BCUT2D eigenvalue weighted by molar-refractivity contribution is 0.0925. The Balaban J connectivity index is 1.69. The van der Waals surface area contributed by atoms with E-state index < -0.39 is 0 Å². The van der Waals surface area contributed by atoms with Crippen LogP contribution in [0.5, 0.6) is 0 Å². The summed E-state index contributed by atoms with van der Waals surface area (Å²) in [6.07, 6.45) is 13.9. The van der Waals surface area contributed by atoms with Gasteiger partial charge < -0.3 is 15.4 Å². The molecule has 19 heavy (non-hydrogen) atoms. The molecule has 1 unspecified atom stereocenters. The highest BCUT2D eigenvalue weighted by molar-refractivity contribution is 4.76. The van der Waals surface area contributed by atoms with Crippen molar-refractivity contribution in [2.75, 3.05) is 26.2 Å². The fraction of sp³-hybridized carbons (Fsp3) is 1.00. The van der Waals surface area contributed by atoms with Gasteiger partial charge in [-0.25, -0.2) is 0 Å². The highest BCUT2D eigenvalue weighted by Gasteiger charge is 2.21. The molecule has 0 radical (unpaired) electrons. The van der Waals surface area contributed by atoms with Crippen LogP contribution in [0.1, 0.15) is 64.2 Å². The van der Waals surface area contributed by atoms with Gasteiger partial charge in [-0.2, -0.15) is 0 Å². The molecule has 0 bridgehead atoms. The monoisotopic (exact) mass is 268 g/mol. The van der Waals surface area contributed by atoms with Crippen LogP contribution in [0.2, 0.25) is 0 Å². The maximum Gasteiger partial charge on any atom is 0.0576 e. The number of nitrogens with zero attached hydrogens (tertiary/aromatic N) is 1. The third kappa shape index (κ3) is 5.41. The molecule has 0 amide bonds. The highest BCUT2D eigenvalue weighted by atomic mass is 16.5. The van der Waals surface area contributed by atoms with E-state index in [0.717, 1.165) is 25.6 Å². The molecule has 0 aromatic rings. The molecule has 3 nitrogen and oxygen atoms in total. The first-order chi connectivity index (χ1) is 9.40. The highest BCUT2D eigenvalue weighted by Crippen LogP contribution is 2.24. The van der Waals surface area contributed by atoms with Gasteiger partial charge >= 0.3 is 0 Å². The zero-order valence-corrected chi connectivity index (χ0v) is 12.5. The van der Waals surface area contributed by atoms with E-state index in [1.807, 2.05) is 0 Å². The lowest BCUT2D eigenvalue weighted by atomic mass is 9.93. The van der Waals surface area contributed by atoms with Crippen LogP contribution in [0.15, 0.2) is 0 Å². The van der Waals surface area contributed by atoms with Gasteiger partial charge in [0.05, 0.1) is 6.10 Å². The van der Waals surface area contributed by atoms with Crippen molar-refractivity contribution in [3.05, 3.63) is 0 Å². The van der Waals surface area contributed by atoms with Crippen molar-refractivity contribution in [3.8, 4) is 0 Å². The van der Waals surface area contributed by atoms with Crippen LogP contribution in [0.4, 0.5) is 0 Å². The van der Waals surface area contributed by atoms with Crippen LogP contribution < -0.4 is 5.73 Å². The van der Waals surface area contributed by atoms with Gasteiger partial charge in [-0.15, -0.1) is 0 Å². The van der Waals surface area contributed by atoms with Crippen LogP contribution in [-0.4, -0.2) is 43.3 Å². The maximum atomic E-state index is 5.72. The van der Waals surface area contributed by atoms with Crippen molar-refractivity contribution >= 4 is 0 Å². The molecular weight excluding hydrogens is 236 g/mol. The van der Waals surface area contributed by atoms with E-state index in [1.165, 1.54) is 70.9 Å². The molecule has 0 spiro atoms. The fourth-order valence-corrected chi connectivity index (χ4v) is 3.61. The second-order valence-corrected chi connectivity index (χ2v) is 6.25. The van der Waals surface area contributed by atoms with Crippen LogP contribution in [0, 0.1) is 0 Å². The average Bonchev–Trinajstić information content (AvgIpc) is 2.97. The first-order valence-electron chi connectivity index (χ1n) is 8.46. The Morgan fingerprint density at radius 2 is 1.74 bits per heavy atom. The van der Waals surface area contributed by atoms with E-state index in [-0.39, 0.29) is 0 Å². The second kappa shape index (κ2) is 8.93. The van der Waals surface area contributed by atoms with E-state index in [9.17, 15) is 0 Å². The Kier molecular flexibility index (Phi) is 7.18. The Morgan fingerprint density at radius 3 is 2.42 bits per heavy atom. The number of nitrogens with two attached hydrogens (primary N) is 1. The van der Waals surface area contributed by atoms with Gasteiger partial charge in [0.1, 0.15) is 0 Å². The van der Waals surface area contributed by atoms with Gasteiger partial charge in [-0.1, -0.05) is 19.3 Å². The number of ether oxygens (including phenoxy) is 1. The summed E-state index contributed by atoms with van der Waals surface area (Å²) >= 11 is 0. The summed E-state index contributed by atoms with van der Waals surface area (Å²) in [4.78, 5) is 2.72. The Bertz CT molecular complexity index is 223. The molecule has 1 saturated carbocycles. The predicted octanol–water partition coefficient (Wildman–Crippen LogP) is 2.93. The van der Waals surface area contributed by atoms with E-state index in [1.54, 1.807) is 0 Å². The molecule has 0 aromatic heterocycles. The molecule has 2 N–H and O–H groups in total. The summed E-state index contributed by atoms with van der Waals surface area (Å²) in [7, 11) is 0. The number of hydrogen-bond acceptors (Lipinski definition) is 3. The van der Waals surface area contributed by atoms with E-state index >= 15 is 0 Å². The van der Waals surface area contributed by atoms with Crippen LogP contribution in [-0.2, 0) is 4.74 Å². The summed E-state index contributed by atoms with van der Waals surface area (Å²) < 4.78 is 5.72. The smallest absolute Gasteiger partial charge is 0.0576 e. The van der Waals surface area contributed by atoms with Crippen LogP contribution in [0.3, 0.4) is 0 Å². The van der Waals surface area contributed by atoms with E-state index in [2.05, 4.69) is 4.90 Å². The van der Waals surface area contributed by atoms with Crippen molar-refractivity contribution < 1.29 is 4.74 Å². The van der Waals surface area contributed by atoms with Crippen molar-refractivity contribution in [1.82, 2.24) is 4.90 Å². The topological polar surface area (TPSA) is 38.5 Å². The molecule has 2 aliphatic rings. The minimum Gasteiger partial charge on any atom is -0.378 e. The fourth-order valence-electron chi connectivity index (χ4n) is 3.61. The van der Waals surface area contributed by atoms with Gasteiger partial charge in [-0.3, -0.25) is 0 Å². The predicted molar refractivity (Wildman–Crippen MR) is 80.3 cm³/mol. The number of rotatable bonds is 8. The average molecular weight is 268 g/mol. The molecule has 3 heteroatoms. The second-order valence-electron chi connectivity index (χ2n) is 6.25. The first-order valence-corrected chi connectivity index (χ1v) is 8.46. The van der Waals surface area contributed by atoms with Gasteiger partial charge in [0.25, 0.3) is 0 Å². The van der Waals surface area contributed by atoms with Gasteiger partial charge in [-0.05, 0) is 64.6 Å². The zero-order chi connectivity index (χ0) is 13.3. The molecule has 1 aliphatic heterocycles. The maximum absolute atomic E-state index is 5.72. The van der Waals surface area contributed by atoms with Crippen molar-refractivity contribution in [2.45, 2.75) is 76.4 Å².